The molecule has 0 aliphatic heterocycles. The lowest BCUT2D eigenvalue weighted by Crippen LogP contribution is -2.31. The minimum Gasteiger partial charge on any atom is -0.489 e. The summed E-state index contributed by atoms with van der Waals surface area (Å²) in [6, 6.07) is 5.65. The van der Waals surface area contributed by atoms with Gasteiger partial charge in [0.25, 0.3) is 5.89 Å². The maximum absolute atomic E-state index is 14.4. The number of hydrogen-bond acceptors (Lipinski definition) is 7. The van der Waals surface area contributed by atoms with E-state index < -0.39 is 11.9 Å². The largest absolute Gasteiger partial charge is 0.489 e. The molecule has 7 nitrogen and oxygen atoms in total. The second-order valence-corrected chi connectivity index (χ2v) is 7.93. The van der Waals surface area contributed by atoms with Gasteiger partial charge in [-0.1, -0.05) is 30.6 Å². The number of aryl methyl sites for hydroxylation is 1. The molecule has 0 bridgehead atoms. The molecular weight excluding hydrogens is 411 g/mol. The Morgan fingerprint density at radius 1 is 1.23 bits per heavy atom. The summed E-state index contributed by atoms with van der Waals surface area (Å²) in [6.07, 6.45) is 0.827. The Hall–Kier alpha value is -2.55. The molecule has 0 radical (unpaired) electrons. The number of aliphatic hydroxyl groups excluding tert-OH is 1. The summed E-state index contributed by atoms with van der Waals surface area (Å²) in [5.74, 6) is 0.197. The van der Waals surface area contributed by atoms with Crippen LogP contribution in [0.4, 0.5) is 4.39 Å². The van der Waals surface area contributed by atoms with Gasteiger partial charge in [-0.25, -0.2) is 4.39 Å². The lowest BCUT2D eigenvalue weighted by molar-refractivity contribution is 0.202. The first-order chi connectivity index (χ1) is 14.3. The first-order valence-corrected chi connectivity index (χ1v) is 9.95. The van der Waals surface area contributed by atoms with Gasteiger partial charge in [0, 0.05) is 28.6 Å². The number of halogens is 2. The zero-order valence-electron chi connectivity index (χ0n) is 17.0. The number of nitrogens with zero attached hydrogens (tertiary/aromatic N) is 3. The number of benzene rings is 1. The van der Waals surface area contributed by atoms with E-state index in [4.69, 9.17) is 31.7 Å². The third-order valence-corrected chi connectivity index (χ3v) is 4.56. The van der Waals surface area contributed by atoms with Gasteiger partial charge in [-0.05, 0) is 37.5 Å². The van der Waals surface area contributed by atoms with Crippen molar-refractivity contribution in [3.63, 3.8) is 0 Å². The minimum absolute atomic E-state index is 0.0461. The molecule has 0 spiro atoms. The van der Waals surface area contributed by atoms with Crippen LogP contribution in [0.2, 0.25) is 5.02 Å². The highest BCUT2D eigenvalue weighted by molar-refractivity contribution is 6.33. The van der Waals surface area contributed by atoms with Crippen LogP contribution in [-0.4, -0.2) is 39.5 Å². The number of aromatic nitrogens is 3. The highest BCUT2D eigenvalue weighted by Crippen LogP contribution is 2.33. The highest BCUT2D eigenvalue weighted by Gasteiger charge is 2.18. The van der Waals surface area contributed by atoms with Gasteiger partial charge >= 0.3 is 0 Å². The minimum atomic E-state index is -0.648. The molecule has 0 aliphatic carbocycles. The van der Waals surface area contributed by atoms with E-state index in [1.807, 2.05) is 19.1 Å². The van der Waals surface area contributed by atoms with Gasteiger partial charge in [0.1, 0.15) is 6.61 Å². The maximum atomic E-state index is 14.4. The Morgan fingerprint density at radius 3 is 2.70 bits per heavy atom. The molecule has 0 saturated heterocycles. The molecule has 0 saturated carbocycles. The summed E-state index contributed by atoms with van der Waals surface area (Å²) >= 11 is 6.29. The SMILES string of the molecule is Cc1cc(-c2nc(-c3cc(F)c(OC[C@H](N)CO)cc3Cl)no2)cc(CC(C)C)n1. The fourth-order valence-electron chi connectivity index (χ4n) is 2.89. The summed E-state index contributed by atoms with van der Waals surface area (Å²) in [4.78, 5) is 8.92. The summed E-state index contributed by atoms with van der Waals surface area (Å²) in [5, 5.41) is 13.1. The first-order valence-electron chi connectivity index (χ1n) is 9.57. The lowest BCUT2D eigenvalue weighted by Gasteiger charge is -2.12. The van der Waals surface area contributed by atoms with Crippen molar-refractivity contribution in [2.45, 2.75) is 33.2 Å². The van der Waals surface area contributed by atoms with Gasteiger partial charge in [0.2, 0.25) is 5.82 Å². The van der Waals surface area contributed by atoms with Crippen molar-refractivity contribution in [2.75, 3.05) is 13.2 Å². The summed E-state index contributed by atoms with van der Waals surface area (Å²) in [5.41, 5.74) is 8.36. The van der Waals surface area contributed by atoms with Crippen LogP contribution in [0.25, 0.3) is 22.8 Å². The number of pyridine rings is 1. The summed E-state index contributed by atoms with van der Waals surface area (Å²) in [6.45, 7) is 5.83. The van der Waals surface area contributed by atoms with E-state index in [1.54, 1.807) is 0 Å². The normalized spacial score (nSPS) is 12.4. The highest BCUT2D eigenvalue weighted by atomic mass is 35.5. The third kappa shape index (κ3) is 5.33. The van der Waals surface area contributed by atoms with E-state index in [-0.39, 0.29) is 35.4 Å². The average molecular weight is 435 g/mol. The molecule has 0 fully saturated rings. The zero-order chi connectivity index (χ0) is 21.8. The Kier molecular flexibility index (Phi) is 7.02. The molecule has 1 atom stereocenters. The molecule has 0 aliphatic rings. The number of nitrogens with two attached hydrogens (primary N) is 1. The van der Waals surface area contributed by atoms with E-state index in [0.717, 1.165) is 23.4 Å². The molecule has 3 aromatic rings. The Morgan fingerprint density at radius 2 is 2.00 bits per heavy atom. The second-order valence-electron chi connectivity index (χ2n) is 7.53. The van der Waals surface area contributed by atoms with Gasteiger partial charge in [0.15, 0.2) is 11.6 Å². The van der Waals surface area contributed by atoms with Crippen molar-refractivity contribution < 1.29 is 18.8 Å². The number of aliphatic hydroxyl groups is 1. The van der Waals surface area contributed by atoms with Crippen molar-refractivity contribution >= 4 is 11.6 Å². The van der Waals surface area contributed by atoms with Gasteiger partial charge in [-0.15, -0.1) is 0 Å². The maximum Gasteiger partial charge on any atom is 0.258 e. The molecule has 3 rings (SSSR count). The first kappa shape index (κ1) is 22.1. The van der Waals surface area contributed by atoms with Crippen molar-refractivity contribution in [2.24, 2.45) is 11.7 Å². The topological polar surface area (TPSA) is 107 Å². The molecular formula is C21H24ClFN4O3. The van der Waals surface area contributed by atoms with Crippen LogP contribution in [0.1, 0.15) is 25.2 Å². The van der Waals surface area contributed by atoms with E-state index in [0.29, 0.717) is 11.8 Å². The van der Waals surface area contributed by atoms with Crippen LogP contribution in [0, 0.1) is 18.7 Å². The summed E-state index contributed by atoms with van der Waals surface area (Å²) < 4.78 is 25.1. The smallest absolute Gasteiger partial charge is 0.258 e. The Balaban J connectivity index is 1.87. The van der Waals surface area contributed by atoms with Crippen LogP contribution in [0.5, 0.6) is 5.75 Å². The molecule has 2 aromatic heterocycles. The van der Waals surface area contributed by atoms with Crippen molar-refractivity contribution in [3.8, 4) is 28.6 Å². The number of hydrogen-bond donors (Lipinski definition) is 2. The van der Waals surface area contributed by atoms with E-state index in [9.17, 15) is 4.39 Å². The fourth-order valence-corrected chi connectivity index (χ4v) is 3.13. The van der Waals surface area contributed by atoms with E-state index in [1.165, 1.54) is 12.1 Å². The molecule has 1 aromatic carbocycles. The van der Waals surface area contributed by atoms with E-state index >= 15 is 0 Å². The standard InChI is InChI=1S/C21H24ClFN4O3/c1-11(2)4-15-6-13(5-12(3)25-15)21-26-20(27-30-21)16-7-18(23)19(8-17(16)22)29-10-14(24)9-28/h5-8,11,14,28H,4,9-10,24H2,1-3H3/t14-/m1/s1. The number of rotatable bonds is 8. The van der Waals surface area contributed by atoms with Gasteiger partial charge in [0.05, 0.1) is 17.7 Å². The van der Waals surface area contributed by atoms with Crippen LogP contribution in [-0.2, 0) is 6.42 Å². The molecule has 160 valence electrons. The number of ether oxygens (including phenoxy) is 1. The van der Waals surface area contributed by atoms with Crippen LogP contribution in [0.15, 0.2) is 28.8 Å². The van der Waals surface area contributed by atoms with Gasteiger partial charge in [-0.2, -0.15) is 4.98 Å². The molecule has 3 N–H and O–H groups in total. The Bertz CT molecular complexity index is 1030. The molecule has 30 heavy (non-hydrogen) atoms. The predicted octanol–water partition coefficient (Wildman–Crippen LogP) is 3.80. The van der Waals surface area contributed by atoms with Crippen LogP contribution in [0.3, 0.4) is 0 Å². The van der Waals surface area contributed by atoms with Gasteiger partial charge in [-0.3, -0.25) is 4.98 Å². The monoisotopic (exact) mass is 434 g/mol. The van der Waals surface area contributed by atoms with Gasteiger partial charge < -0.3 is 20.1 Å². The van der Waals surface area contributed by atoms with Crippen molar-refractivity contribution in [1.82, 2.24) is 15.1 Å². The lowest BCUT2D eigenvalue weighted by atomic mass is 10.1. The van der Waals surface area contributed by atoms with Crippen LogP contribution < -0.4 is 10.5 Å². The van der Waals surface area contributed by atoms with Crippen LogP contribution >= 0.6 is 11.6 Å². The Labute approximate surface area is 179 Å². The molecule has 9 heteroatoms. The predicted molar refractivity (Wildman–Crippen MR) is 112 cm³/mol. The molecule has 0 unspecified atom stereocenters. The van der Waals surface area contributed by atoms with Crippen molar-refractivity contribution in [1.29, 1.82) is 0 Å². The van der Waals surface area contributed by atoms with Crippen molar-refractivity contribution in [3.05, 3.63) is 46.5 Å². The quantitative estimate of drug-likeness (QED) is 0.555. The average Bonchev–Trinajstić information content (AvgIpc) is 3.17. The third-order valence-electron chi connectivity index (χ3n) is 4.25. The molecule has 0 amide bonds. The molecule has 2 heterocycles. The fraction of sp³-hybridized carbons (Fsp3) is 0.381. The second kappa shape index (κ2) is 9.51. The zero-order valence-corrected chi connectivity index (χ0v) is 17.8. The van der Waals surface area contributed by atoms with E-state index in [2.05, 4.69) is 29.0 Å². The summed E-state index contributed by atoms with van der Waals surface area (Å²) in [7, 11) is 0.